The SMILES string of the molecule is C/C=C/CCC1=CCC(/C=C/CCc2ccc(-c3ccc(OCC)c(F)c3F)cc2)CC1. The Hall–Kier alpha value is -2.68. The lowest BCUT2D eigenvalue weighted by atomic mass is 9.87. The molecule has 3 heteroatoms. The lowest BCUT2D eigenvalue weighted by Crippen LogP contribution is -2.03. The van der Waals surface area contributed by atoms with E-state index < -0.39 is 11.6 Å². The molecule has 0 amide bonds. The van der Waals surface area contributed by atoms with Crippen molar-refractivity contribution < 1.29 is 13.5 Å². The van der Waals surface area contributed by atoms with E-state index in [1.807, 2.05) is 24.3 Å². The van der Waals surface area contributed by atoms with Crippen molar-refractivity contribution in [2.75, 3.05) is 6.61 Å². The molecule has 0 heterocycles. The van der Waals surface area contributed by atoms with E-state index in [-0.39, 0.29) is 11.3 Å². The summed E-state index contributed by atoms with van der Waals surface area (Å²) in [6, 6.07) is 10.8. The van der Waals surface area contributed by atoms with Crippen molar-refractivity contribution in [2.24, 2.45) is 5.92 Å². The van der Waals surface area contributed by atoms with Crippen molar-refractivity contribution in [3.8, 4) is 16.9 Å². The lowest BCUT2D eigenvalue weighted by Gasteiger charge is -2.19. The molecule has 170 valence electrons. The smallest absolute Gasteiger partial charge is 0.201 e. The predicted molar refractivity (Wildman–Crippen MR) is 130 cm³/mol. The van der Waals surface area contributed by atoms with Gasteiger partial charge >= 0.3 is 0 Å². The highest BCUT2D eigenvalue weighted by Crippen LogP contribution is 2.30. The van der Waals surface area contributed by atoms with Crippen LogP contribution in [0.25, 0.3) is 11.1 Å². The summed E-state index contributed by atoms with van der Waals surface area (Å²) in [5.41, 5.74) is 3.73. The number of hydrogen-bond acceptors (Lipinski definition) is 1. The molecule has 0 saturated carbocycles. The Balaban J connectivity index is 1.49. The zero-order valence-electron chi connectivity index (χ0n) is 19.2. The van der Waals surface area contributed by atoms with Crippen LogP contribution in [-0.4, -0.2) is 6.61 Å². The normalized spacial score (nSPS) is 16.6. The quantitative estimate of drug-likeness (QED) is 0.339. The highest BCUT2D eigenvalue weighted by Gasteiger charge is 2.15. The predicted octanol–water partition coefficient (Wildman–Crippen LogP) is 8.60. The van der Waals surface area contributed by atoms with Crippen molar-refractivity contribution in [3.05, 3.63) is 89.5 Å². The molecule has 1 aliphatic rings. The molecule has 0 saturated heterocycles. The van der Waals surface area contributed by atoms with Gasteiger partial charge in [-0.1, -0.05) is 60.2 Å². The Morgan fingerprint density at radius 2 is 1.75 bits per heavy atom. The second kappa shape index (κ2) is 12.4. The van der Waals surface area contributed by atoms with Crippen LogP contribution in [0.15, 0.2) is 72.4 Å². The van der Waals surface area contributed by atoms with Gasteiger partial charge in [0, 0.05) is 5.56 Å². The van der Waals surface area contributed by atoms with Gasteiger partial charge in [-0.05, 0) is 88.0 Å². The van der Waals surface area contributed by atoms with Gasteiger partial charge in [-0.15, -0.1) is 0 Å². The average molecular weight is 437 g/mol. The van der Waals surface area contributed by atoms with E-state index in [0.717, 1.165) is 25.7 Å². The fourth-order valence-electron chi connectivity index (χ4n) is 4.16. The molecule has 1 unspecified atom stereocenters. The van der Waals surface area contributed by atoms with Crippen molar-refractivity contribution in [1.82, 2.24) is 0 Å². The Morgan fingerprint density at radius 3 is 2.44 bits per heavy atom. The number of allylic oxidation sites excluding steroid dienone is 6. The number of benzene rings is 2. The summed E-state index contributed by atoms with van der Waals surface area (Å²) in [4.78, 5) is 0. The maximum absolute atomic E-state index is 14.4. The maximum atomic E-state index is 14.4. The number of ether oxygens (including phenoxy) is 1. The molecule has 0 bridgehead atoms. The molecule has 1 nitrogen and oxygen atoms in total. The fraction of sp³-hybridized carbons (Fsp3) is 0.379. The molecule has 1 atom stereocenters. The van der Waals surface area contributed by atoms with Crippen molar-refractivity contribution >= 4 is 0 Å². The van der Waals surface area contributed by atoms with Gasteiger partial charge in [-0.25, -0.2) is 4.39 Å². The minimum absolute atomic E-state index is 0.0458. The Bertz CT molecular complexity index is 954. The number of aryl methyl sites for hydroxylation is 1. The van der Waals surface area contributed by atoms with Gasteiger partial charge < -0.3 is 4.74 Å². The topological polar surface area (TPSA) is 9.23 Å². The number of hydrogen-bond donors (Lipinski definition) is 0. The first-order valence-electron chi connectivity index (χ1n) is 11.8. The van der Waals surface area contributed by atoms with E-state index in [4.69, 9.17) is 4.74 Å². The summed E-state index contributed by atoms with van der Waals surface area (Å²) >= 11 is 0. The van der Waals surface area contributed by atoms with E-state index in [2.05, 4.69) is 37.3 Å². The molecule has 0 radical (unpaired) electrons. The third-order valence-corrected chi connectivity index (χ3v) is 6.03. The van der Waals surface area contributed by atoms with Gasteiger partial charge in [0.05, 0.1) is 6.61 Å². The van der Waals surface area contributed by atoms with Crippen LogP contribution in [0, 0.1) is 17.6 Å². The second-order valence-electron chi connectivity index (χ2n) is 8.34. The molecule has 0 spiro atoms. The molecule has 0 N–H and O–H groups in total. The molecule has 1 aliphatic carbocycles. The maximum Gasteiger partial charge on any atom is 0.201 e. The summed E-state index contributed by atoms with van der Waals surface area (Å²) in [7, 11) is 0. The summed E-state index contributed by atoms with van der Waals surface area (Å²) in [5, 5.41) is 0. The van der Waals surface area contributed by atoms with Gasteiger partial charge in [0.2, 0.25) is 5.82 Å². The van der Waals surface area contributed by atoms with Crippen LogP contribution in [0.1, 0.15) is 57.9 Å². The third kappa shape index (κ3) is 6.66. The zero-order chi connectivity index (χ0) is 22.8. The van der Waals surface area contributed by atoms with Crippen LogP contribution in [0.5, 0.6) is 5.75 Å². The van der Waals surface area contributed by atoms with Crippen molar-refractivity contribution in [3.63, 3.8) is 0 Å². The standard InChI is InChI=1S/C29H34F2O/c1-3-5-6-9-22-12-14-23(15-13-22)10-7-8-11-24-16-18-25(19-17-24)26-20-21-27(32-4-2)29(31)28(26)30/h3,5,7,10,12,16-21,23H,4,6,8-9,11,13-15H2,1-2H3/b5-3+,10-7+. The molecule has 3 rings (SSSR count). The first kappa shape index (κ1) is 24.0. The molecule has 32 heavy (non-hydrogen) atoms. The van der Waals surface area contributed by atoms with Gasteiger partial charge in [0.1, 0.15) is 0 Å². The second-order valence-corrected chi connectivity index (χ2v) is 8.34. The van der Waals surface area contributed by atoms with Crippen LogP contribution < -0.4 is 4.74 Å². The lowest BCUT2D eigenvalue weighted by molar-refractivity contribution is 0.314. The van der Waals surface area contributed by atoms with E-state index in [9.17, 15) is 8.78 Å². The van der Waals surface area contributed by atoms with Crippen LogP contribution in [0.4, 0.5) is 8.78 Å². The van der Waals surface area contributed by atoms with Crippen molar-refractivity contribution in [1.29, 1.82) is 0 Å². The minimum Gasteiger partial charge on any atom is -0.491 e. The highest BCUT2D eigenvalue weighted by molar-refractivity contribution is 5.65. The minimum atomic E-state index is -0.930. The van der Waals surface area contributed by atoms with Gasteiger partial charge in [0.25, 0.3) is 0 Å². The largest absolute Gasteiger partial charge is 0.491 e. The molecule has 0 aromatic heterocycles. The Labute approximate surface area is 191 Å². The number of rotatable bonds is 10. The van der Waals surface area contributed by atoms with Crippen LogP contribution >= 0.6 is 0 Å². The van der Waals surface area contributed by atoms with E-state index in [0.29, 0.717) is 18.1 Å². The van der Waals surface area contributed by atoms with Crippen LogP contribution in [0.3, 0.4) is 0 Å². The summed E-state index contributed by atoms with van der Waals surface area (Å²) < 4.78 is 33.7. The first-order valence-corrected chi connectivity index (χ1v) is 11.8. The van der Waals surface area contributed by atoms with Gasteiger partial charge in [-0.2, -0.15) is 4.39 Å². The molecule has 0 fully saturated rings. The van der Waals surface area contributed by atoms with Crippen LogP contribution in [0.2, 0.25) is 0 Å². The zero-order valence-corrected chi connectivity index (χ0v) is 19.2. The van der Waals surface area contributed by atoms with Crippen LogP contribution in [-0.2, 0) is 6.42 Å². The summed E-state index contributed by atoms with van der Waals surface area (Å²) in [6.45, 7) is 4.12. The third-order valence-electron chi connectivity index (χ3n) is 6.03. The molecular formula is C29H34F2O. The highest BCUT2D eigenvalue weighted by atomic mass is 19.2. The fourth-order valence-corrected chi connectivity index (χ4v) is 4.16. The molecule has 0 aliphatic heterocycles. The van der Waals surface area contributed by atoms with E-state index >= 15 is 0 Å². The van der Waals surface area contributed by atoms with Gasteiger partial charge in [-0.3, -0.25) is 0 Å². The van der Waals surface area contributed by atoms with E-state index in [1.54, 1.807) is 18.6 Å². The van der Waals surface area contributed by atoms with Gasteiger partial charge in [0.15, 0.2) is 11.6 Å². The van der Waals surface area contributed by atoms with Crippen molar-refractivity contribution in [2.45, 2.75) is 58.8 Å². The molecule has 2 aromatic rings. The Morgan fingerprint density at radius 1 is 0.969 bits per heavy atom. The number of halogens is 2. The monoisotopic (exact) mass is 436 g/mol. The Kier molecular flexibility index (Phi) is 9.27. The molecule has 2 aromatic carbocycles. The summed E-state index contributed by atoms with van der Waals surface area (Å²) in [5.74, 6) is -1.19. The van der Waals surface area contributed by atoms with E-state index in [1.165, 1.54) is 30.9 Å². The molecular weight excluding hydrogens is 402 g/mol. The summed E-state index contributed by atoms with van der Waals surface area (Å²) in [6.07, 6.45) is 19.4. The first-order chi connectivity index (χ1) is 15.6. The average Bonchev–Trinajstić information content (AvgIpc) is 2.82.